The van der Waals surface area contributed by atoms with Gasteiger partial charge in [-0.1, -0.05) is 17.7 Å². The molecule has 1 atom stereocenters. The fourth-order valence-electron chi connectivity index (χ4n) is 2.36. The van der Waals surface area contributed by atoms with Crippen LogP contribution in [0.2, 0.25) is 5.02 Å². The van der Waals surface area contributed by atoms with Crippen molar-refractivity contribution in [1.29, 1.82) is 0 Å². The number of benzene rings is 2. The quantitative estimate of drug-likeness (QED) is 0.752. The summed E-state index contributed by atoms with van der Waals surface area (Å²) < 4.78 is 53.4. The molecular weight excluding hydrogens is 398 g/mol. The SMILES string of the molecule is CC(C)NS(=O)(=O)c1ccc(Cl)c(C(=O)NC(C)c2ccc(F)c(F)c2)c1. The summed E-state index contributed by atoms with van der Waals surface area (Å²) in [5.74, 6) is -2.66. The fraction of sp³-hybridized carbons (Fsp3) is 0.278. The molecule has 27 heavy (non-hydrogen) atoms. The topological polar surface area (TPSA) is 75.3 Å². The minimum Gasteiger partial charge on any atom is -0.345 e. The smallest absolute Gasteiger partial charge is 0.253 e. The van der Waals surface area contributed by atoms with E-state index in [1.54, 1.807) is 20.8 Å². The van der Waals surface area contributed by atoms with Gasteiger partial charge >= 0.3 is 0 Å². The maximum absolute atomic E-state index is 13.4. The van der Waals surface area contributed by atoms with E-state index in [4.69, 9.17) is 11.6 Å². The van der Waals surface area contributed by atoms with Crippen molar-refractivity contribution in [2.24, 2.45) is 0 Å². The summed E-state index contributed by atoms with van der Waals surface area (Å²) in [6, 6.07) is 6.09. The van der Waals surface area contributed by atoms with Crippen LogP contribution in [0, 0.1) is 11.6 Å². The maximum Gasteiger partial charge on any atom is 0.253 e. The minimum absolute atomic E-state index is 0.0438. The van der Waals surface area contributed by atoms with Gasteiger partial charge in [0.25, 0.3) is 5.91 Å². The third-order valence-electron chi connectivity index (χ3n) is 3.67. The number of halogens is 3. The Balaban J connectivity index is 2.27. The molecule has 0 radical (unpaired) electrons. The molecule has 0 bridgehead atoms. The summed E-state index contributed by atoms with van der Waals surface area (Å²) in [6.07, 6.45) is 0. The third kappa shape index (κ3) is 5.24. The van der Waals surface area contributed by atoms with E-state index < -0.39 is 33.6 Å². The van der Waals surface area contributed by atoms with E-state index in [2.05, 4.69) is 10.0 Å². The van der Waals surface area contributed by atoms with Crippen LogP contribution in [0.15, 0.2) is 41.3 Å². The Morgan fingerprint density at radius 1 is 1.04 bits per heavy atom. The lowest BCUT2D eigenvalue weighted by Crippen LogP contribution is -2.31. The van der Waals surface area contributed by atoms with Gasteiger partial charge in [0, 0.05) is 6.04 Å². The average molecular weight is 417 g/mol. The summed E-state index contributed by atoms with van der Waals surface area (Å²) >= 11 is 6.04. The molecule has 2 aromatic carbocycles. The van der Waals surface area contributed by atoms with Gasteiger partial charge in [0.05, 0.1) is 21.5 Å². The molecule has 0 heterocycles. The van der Waals surface area contributed by atoms with E-state index in [-0.39, 0.29) is 21.5 Å². The third-order valence-corrected chi connectivity index (χ3v) is 5.66. The maximum atomic E-state index is 13.4. The highest BCUT2D eigenvalue weighted by Crippen LogP contribution is 2.22. The Labute approximate surface area is 161 Å². The van der Waals surface area contributed by atoms with E-state index in [0.29, 0.717) is 5.56 Å². The number of carbonyl (C=O) groups excluding carboxylic acids is 1. The number of hydrogen-bond acceptors (Lipinski definition) is 3. The number of sulfonamides is 1. The van der Waals surface area contributed by atoms with Crippen molar-refractivity contribution in [2.75, 3.05) is 0 Å². The zero-order chi connectivity index (χ0) is 20.4. The molecule has 2 rings (SSSR count). The first kappa shape index (κ1) is 21.3. The normalized spacial score (nSPS) is 12.9. The molecule has 0 aliphatic heterocycles. The molecule has 9 heteroatoms. The van der Waals surface area contributed by atoms with E-state index in [1.807, 2.05) is 0 Å². The summed E-state index contributed by atoms with van der Waals surface area (Å²) in [7, 11) is -3.80. The number of rotatable bonds is 6. The molecule has 0 saturated heterocycles. The van der Waals surface area contributed by atoms with Crippen LogP contribution in [0.1, 0.15) is 42.7 Å². The largest absolute Gasteiger partial charge is 0.345 e. The second-order valence-corrected chi connectivity index (χ2v) is 8.41. The van der Waals surface area contributed by atoms with Gasteiger partial charge in [0.2, 0.25) is 10.0 Å². The molecule has 1 unspecified atom stereocenters. The zero-order valence-corrected chi connectivity index (χ0v) is 16.5. The van der Waals surface area contributed by atoms with Gasteiger partial charge in [0.15, 0.2) is 11.6 Å². The highest BCUT2D eigenvalue weighted by molar-refractivity contribution is 7.89. The lowest BCUT2D eigenvalue weighted by Gasteiger charge is -2.16. The highest BCUT2D eigenvalue weighted by Gasteiger charge is 2.21. The van der Waals surface area contributed by atoms with Crippen LogP contribution < -0.4 is 10.0 Å². The lowest BCUT2D eigenvalue weighted by atomic mass is 10.1. The van der Waals surface area contributed by atoms with Crippen molar-refractivity contribution in [3.8, 4) is 0 Å². The summed E-state index contributed by atoms with van der Waals surface area (Å²) in [6.45, 7) is 4.93. The van der Waals surface area contributed by atoms with Gasteiger partial charge in [0.1, 0.15) is 0 Å². The summed E-state index contributed by atoms with van der Waals surface area (Å²) in [5, 5.41) is 2.66. The van der Waals surface area contributed by atoms with Gasteiger partial charge in [-0.3, -0.25) is 4.79 Å². The molecular formula is C18H19ClF2N2O3S. The van der Waals surface area contributed by atoms with E-state index in [1.165, 1.54) is 24.3 Å². The van der Waals surface area contributed by atoms with Gasteiger partial charge in [-0.25, -0.2) is 21.9 Å². The molecule has 0 aliphatic carbocycles. The van der Waals surface area contributed by atoms with Crippen molar-refractivity contribution < 1.29 is 22.0 Å². The zero-order valence-electron chi connectivity index (χ0n) is 14.9. The standard InChI is InChI=1S/C18H19ClF2N2O3S/c1-10(2)23-27(25,26)13-5-6-15(19)14(9-13)18(24)22-11(3)12-4-7-16(20)17(21)8-12/h4-11,23H,1-3H3,(H,22,24). The monoisotopic (exact) mass is 416 g/mol. The molecule has 2 N–H and O–H groups in total. The second kappa shape index (κ2) is 8.33. The number of carbonyl (C=O) groups is 1. The van der Waals surface area contributed by atoms with Gasteiger partial charge in [-0.2, -0.15) is 0 Å². The van der Waals surface area contributed by atoms with Crippen molar-refractivity contribution in [3.63, 3.8) is 0 Å². The fourth-order valence-corrected chi connectivity index (χ4v) is 3.84. The van der Waals surface area contributed by atoms with Gasteiger partial charge in [-0.05, 0) is 56.7 Å². The van der Waals surface area contributed by atoms with Crippen LogP contribution in [-0.4, -0.2) is 20.4 Å². The van der Waals surface area contributed by atoms with Crippen molar-refractivity contribution in [3.05, 3.63) is 64.2 Å². The molecule has 0 spiro atoms. The Hall–Kier alpha value is -2.03. The Kier molecular flexibility index (Phi) is 6.56. The Bertz CT molecular complexity index is 965. The molecule has 0 aromatic heterocycles. The van der Waals surface area contributed by atoms with Crippen LogP contribution in [-0.2, 0) is 10.0 Å². The molecule has 5 nitrogen and oxygen atoms in total. The Morgan fingerprint density at radius 2 is 1.70 bits per heavy atom. The van der Waals surface area contributed by atoms with Crippen molar-refractivity contribution in [1.82, 2.24) is 10.0 Å². The average Bonchev–Trinajstić information content (AvgIpc) is 2.56. The molecule has 0 fully saturated rings. The Morgan fingerprint density at radius 3 is 2.30 bits per heavy atom. The highest BCUT2D eigenvalue weighted by atomic mass is 35.5. The van der Waals surface area contributed by atoms with E-state index >= 15 is 0 Å². The van der Waals surface area contributed by atoms with Crippen LogP contribution in [0.5, 0.6) is 0 Å². The van der Waals surface area contributed by atoms with Crippen LogP contribution in [0.4, 0.5) is 8.78 Å². The first-order valence-electron chi connectivity index (χ1n) is 8.09. The first-order valence-corrected chi connectivity index (χ1v) is 9.95. The summed E-state index contributed by atoms with van der Waals surface area (Å²) in [4.78, 5) is 12.4. The van der Waals surface area contributed by atoms with Crippen LogP contribution in [0.25, 0.3) is 0 Å². The molecule has 0 aliphatic rings. The first-order chi connectivity index (χ1) is 12.5. The predicted octanol–water partition coefficient (Wildman–Crippen LogP) is 3.80. The van der Waals surface area contributed by atoms with Crippen molar-refractivity contribution in [2.45, 2.75) is 37.8 Å². The molecule has 0 saturated carbocycles. The van der Waals surface area contributed by atoms with E-state index in [9.17, 15) is 22.0 Å². The minimum atomic E-state index is -3.80. The molecule has 1 amide bonds. The van der Waals surface area contributed by atoms with Gasteiger partial charge < -0.3 is 5.32 Å². The molecule has 146 valence electrons. The molecule has 2 aromatic rings. The number of amides is 1. The number of nitrogens with one attached hydrogen (secondary N) is 2. The van der Waals surface area contributed by atoms with Crippen LogP contribution >= 0.6 is 11.6 Å². The van der Waals surface area contributed by atoms with Crippen molar-refractivity contribution >= 4 is 27.5 Å². The van der Waals surface area contributed by atoms with E-state index in [0.717, 1.165) is 12.1 Å². The predicted molar refractivity (Wildman–Crippen MR) is 99.1 cm³/mol. The lowest BCUT2D eigenvalue weighted by molar-refractivity contribution is 0.0939. The van der Waals surface area contributed by atoms with Crippen LogP contribution in [0.3, 0.4) is 0 Å². The second-order valence-electron chi connectivity index (χ2n) is 6.29. The van der Waals surface area contributed by atoms with Gasteiger partial charge in [-0.15, -0.1) is 0 Å². The number of hydrogen-bond donors (Lipinski definition) is 2. The summed E-state index contributed by atoms with van der Waals surface area (Å²) in [5.41, 5.74) is 0.307.